The topological polar surface area (TPSA) is 147 Å². The summed E-state index contributed by atoms with van der Waals surface area (Å²) >= 11 is 6.55. The molecule has 0 aromatic heterocycles. The average Bonchev–Trinajstić information content (AvgIpc) is 2.88. The Balaban J connectivity index is 0.000000371. The normalized spacial score (nSPS) is 18.4. The first-order valence-corrected chi connectivity index (χ1v) is 14.8. The number of ketones is 1. The smallest absolute Gasteiger partial charge is 0.336 e. The van der Waals surface area contributed by atoms with Crippen LogP contribution in [0.15, 0.2) is 82.0 Å². The van der Waals surface area contributed by atoms with E-state index in [4.69, 9.17) is 25.6 Å². The predicted octanol–water partition coefficient (Wildman–Crippen LogP) is 3.68. The Morgan fingerprint density at radius 1 is 1.12 bits per heavy atom. The second-order valence-electron chi connectivity index (χ2n) is 10.2. The summed E-state index contributed by atoms with van der Waals surface area (Å²) in [6, 6.07) is 14.8. The van der Waals surface area contributed by atoms with E-state index in [9.17, 15) is 18.0 Å². The van der Waals surface area contributed by atoms with Crippen LogP contribution in [0.3, 0.4) is 0 Å². The molecule has 4 rings (SSSR count). The van der Waals surface area contributed by atoms with Gasteiger partial charge in [0.25, 0.3) is 10.1 Å². The molecule has 11 heteroatoms. The second-order valence-corrected chi connectivity index (χ2v) is 12.0. The number of halogens is 1. The highest BCUT2D eigenvalue weighted by molar-refractivity contribution is 7.85. The number of Topliss-reactive ketones (excluding diaryl/α,β-unsaturated/α-hetero) is 1. The standard InChI is InChI=1S/C23H29ClN2O4.C6H6O3S/c1-4-30-22(28)21-17(13-29-10-9-25)26-16-11-23(2,3)12-18(27)20(16)19(21)14-7-5-6-8-15(14)24;7-10(8,9)6-4-2-1-3-5-6/h5-8,19,26H,4,9-13,25H2,1-3H3;1-5H,(H,7,8,9)/p+1/t19-;/m0./s1. The lowest BCUT2D eigenvalue weighted by Gasteiger charge is -2.40. The van der Waals surface area contributed by atoms with Crippen LogP contribution in [0.25, 0.3) is 0 Å². The molecular formula is C29H36ClN2O7S+. The molecule has 0 amide bonds. The van der Waals surface area contributed by atoms with E-state index in [1.807, 2.05) is 18.2 Å². The number of hydrogen-bond donors (Lipinski definition) is 3. The molecule has 2 aromatic carbocycles. The van der Waals surface area contributed by atoms with Gasteiger partial charge in [0.15, 0.2) is 5.78 Å². The van der Waals surface area contributed by atoms with Gasteiger partial charge in [-0.1, -0.05) is 61.8 Å². The highest BCUT2D eigenvalue weighted by Crippen LogP contribution is 2.48. The molecule has 0 unspecified atom stereocenters. The quantitative estimate of drug-likeness (QED) is 0.239. The Kier molecular flexibility index (Phi) is 10.7. The lowest BCUT2D eigenvalue weighted by Crippen LogP contribution is -2.52. The van der Waals surface area contributed by atoms with Gasteiger partial charge in [-0.05, 0) is 42.5 Å². The van der Waals surface area contributed by atoms with E-state index in [1.165, 1.54) is 12.1 Å². The zero-order valence-corrected chi connectivity index (χ0v) is 24.5. The minimum absolute atomic E-state index is 0.0261. The number of hydrogen-bond acceptors (Lipinski definition) is 7. The zero-order valence-electron chi connectivity index (χ0n) is 22.9. The van der Waals surface area contributed by atoms with Crippen molar-refractivity contribution in [1.82, 2.24) is 5.32 Å². The molecule has 1 atom stereocenters. The van der Waals surface area contributed by atoms with Gasteiger partial charge in [0, 0.05) is 28.6 Å². The third kappa shape index (κ3) is 7.80. The molecular weight excluding hydrogens is 556 g/mol. The molecule has 1 aliphatic carbocycles. The molecule has 0 radical (unpaired) electrons. The van der Waals surface area contributed by atoms with Crippen molar-refractivity contribution in [3.63, 3.8) is 0 Å². The van der Waals surface area contributed by atoms with Crippen molar-refractivity contribution in [3.8, 4) is 0 Å². The maximum atomic E-state index is 13.3. The lowest BCUT2D eigenvalue weighted by atomic mass is 9.68. The Bertz CT molecular complexity index is 1400. The Hall–Kier alpha value is -3.02. The number of ether oxygens (including phenoxy) is 2. The predicted molar refractivity (Wildman–Crippen MR) is 151 cm³/mol. The van der Waals surface area contributed by atoms with Gasteiger partial charge in [0.05, 0.1) is 42.5 Å². The number of nitrogens with one attached hydrogen (secondary N) is 1. The second kappa shape index (κ2) is 13.6. The number of quaternary nitrogens is 1. The molecule has 5 N–H and O–H groups in total. The molecule has 0 bridgehead atoms. The van der Waals surface area contributed by atoms with E-state index in [0.717, 1.165) is 11.3 Å². The summed E-state index contributed by atoms with van der Waals surface area (Å²) in [6.45, 7) is 7.43. The minimum Gasteiger partial charge on any atom is -0.463 e. The average molecular weight is 592 g/mol. The molecule has 40 heavy (non-hydrogen) atoms. The number of carbonyl (C=O) groups excluding carboxylic acids is 2. The first-order valence-electron chi connectivity index (χ1n) is 13.0. The van der Waals surface area contributed by atoms with Gasteiger partial charge in [-0.3, -0.25) is 9.35 Å². The van der Waals surface area contributed by atoms with E-state index in [0.29, 0.717) is 47.9 Å². The van der Waals surface area contributed by atoms with Gasteiger partial charge >= 0.3 is 5.97 Å². The number of benzene rings is 2. The fourth-order valence-electron chi connectivity index (χ4n) is 4.80. The summed E-state index contributed by atoms with van der Waals surface area (Å²) in [5.74, 6) is -1.03. The third-order valence-electron chi connectivity index (χ3n) is 6.41. The number of allylic oxidation sites excluding steroid dienone is 2. The summed E-state index contributed by atoms with van der Waals surface area (Å²) in [5.41, 5.74) is 6.80. The van der Waals surface area contributed by atoms with Crippen LogP contribution < -0.4 is 11.1 Å². The van der Waals surface area contributed by atoms with Gasteiger partial charge in [-0.15, -0.1) is 0 Å². The summed E-state index contributed by atoms with van der Waals surface area (Å²) in [5, 5.41) is 3.87. The molecule has 0 fully saturated rings. The SMILES string of the molecule is CCOC(=O)C1=C(COCC[NH3+])NC2=C(C(=O)CC(C)(C)C2)[C@@H]1c1ccccc1Cl.O=S(=O)(O)c1ccccc1. The van der Waals surface area contributed by atoms with E-state index in [-0.39, 0.29) is 29.3 Å². The van der Waals surface area contributed by atoms with Crippen LogP contribution in [-0.4, -0.2) is 51.1 Å². The van der Waals surface area contributed by atoms with Crippen LogP contribution in [0.2, 0.25) is 5.02 Å². The number of carbonyl (C=O) groups is 2. The molecule has 1 heterocycles. The van der Waals surface area contributed by atoms with Crippen LogP contribution in [0, 0.1) is 5.41 Å². The fourth-order valence-corrected chi connectivity index (χ4v) is 5.55. The van der Waals surface area contributed by atoms with Gasteiger partial charge in [-0.25, -0.2) is 4.79 Å². The van der Waals surface area contributed by atoms with E-state index < -0.39 is 22.0 Å². The summed E-state index contributed by atoms with van der Waals surface area (Å²) in [4.78, 5) is 26.3. The highest BCUT2D eigenvalue weighted by Gasteiger charge is 2.44. The minimum atomic E-state index is -4.00. The third-order valence-corrected chi connectivity index (χ3v) is 7.62. The number of rotatable bonds is 8. The van der Waals surface area contributed by atoms with Gasteiger partial charge < -0.3 is 20.5 Å². The van der Waals surface area contributed by atoms with E-state index in [1.54, 1.807) is 31.2 Å². The summed E-state index contributed by atoms with van der Waals surface area (Å²) in [7, 11) is -4.00. The molecule has 0 spiro atoms. The monoisotopic (exact) mass is 591 g/mol. The van der Waals surface area contributed by atoms with Crippen molar-refractivity contribution in [2.45, 2.75) is 44.4 Å². The summed E-state index contributed by atoms with van der Waals surface area (Å²) < 4.78 is 40.3. The summed E-state index contributed by atoms with van der Waals surface area (Å²) in [6.07, 6.45) is 1.11. The molecule has 9 nitrogen and oxygen atoms in total. The fraction of sp³-hybridized carbons (Fsp3) is 0.379. The van der Waals surface area contributed by atoms with Gasteiger partial charge in [0.1, 0.15) is 0 Å². The van der Waals surface area contributed by atoms with Gasteiger partial charge in [0.2, 0.25) is 0 Å². The van der Waals surface area contributed by atoms with E-state index in [2.05, 4.69) is 24.9 Å². The van der Waals surface area contributed by atoms with Crippen molar-refractivity contribution >= 4 is 33.5 Å². The number of dihydropyridines is 1. The first-order chi connectivity index (χ1) is 18.9. The molecule has 1 aliphatic heterocycles. The maximum absolute atomic E-state index is 13.3. The molecule has 2 aliphatic rings. The van der Waals surface area contributed by atoms with Crippen molar-refractivity contribution in [1.29, 1.82) is 0 Å². The molecule has 0 saturated heterocycles. The number of esters is 1. The lowest BCUT2D eigenvalue weighted by molar-refractivity contribution is -0.373. The molecule has 2 aromatic rings. The Labute approximate surface area is 240 Å². The van der Waals surface area contributed by atoms with E-state index >= 15 is 0 Å². The zero-order chi connectivity index (χ0) is 29.5. The van der Waals surface area contributed by atoms with Crippen molar-refractivity contribution in [3.05, 3.63) is 87.7 Å². The van der Waals surface area contributed by atoms with Crippen LogP contribution in [-0.2, 0) is 29.2 Å². The Morgan fingerprint density at radius 2 is 1.77 bits per heavy atom. The Morgan fingerprint density at radius 3 is 2.35 bits per heavy atom. The first kappa shape index (κ1) is 31.5. The molecule has 216 valence electrons. The van der Waals surface area contributed by atoms with Crippen molar-refractivity contribution in [2.75, 3.05) is 26.4 Å². The van der Waals surface area contributed by atoms with Gasteiger partial charge in [-0.2, -0.15) is 8.42 Å². The van der Waals surface area contributed by atoms with Crippen molar-refractivity contribution < 1.29 is 37.8 Å². The van der Waals surface area contributed by atoms with Crippen LogP contribution in [0.4, 0.5) is 0 Å². The van der Waals surface area contributed by atoms with Crippen LogP contribution >= 0.6 is 11.6 Å². The van der Waals surface area contributed by atoms with Crippen molar-refractivity contribution in [2.24, 2.45) is 5.41 Å². The highest BCUT2D eigenvalue weighted by atomic mass is 35.5. The molecule has 0 saturated carbocycles. The largest absolute Gasteiger partial charge is 0.463 e. The van der Waals surface area contributed by atoms with Crippen LogP contribution in [0.5, 0.6) is 0 Å². The van der Waals surface area contributed by atoms with Crippen LogP contribution in [0.1, 0.15) is 45.1 Å². The maximum Gasteiger partial charge on any atom is 0.336 e.